The van der Waals surface area contributed by atoms with E-state index in [1.54, 1.807) is 10.6 Å². The fourth-order valence-corrected chi connectivity index (χ4v) is 4.50. The van der Waals surface area contributed by atoms with E-state index in [-0.39, 0.29) is 11.4 Å². The molecule has 0 spiro atoms. The fraction of sp³-hybridized carbons (Fsp3) is 0.440. The molecule has 1 aromatic heterocycles. The Labute approximate surface area is 224 Å². The number of carbonyl (C=O) groups excluding carboxylic acids is 4. The van der Waals surface area contributed by atoms with Crippen molar-refractivity contribution in [2.45, 2.75) is 64.8 Å². The highest BCUT2D eigenvalue weighted by Crippen LogP contribution is 2.34. The van der Waals surface area contributed by atoms with Crippen LogP contribution in [0.1, 0.15) is 33.9 Å². The molecule has 0 saturated carbocycles. The molecule has 1 N–H and O–H groups in total. The maximum absolute atomic E-state index is 12.3. The molecule has 3 rings (SSSR count). The van der Waals surface area contributed by atoms with Crippen molar-refractivity contribution in [1.82, 2.24) is 19.7 Å². The Bertz CT molecular complexity index is 1260. The number of nitrogens with zero attached hydrogens (tertiary/aromatic N) is 3. The first-order valence-corrected chi connectivity index (χ1v) is 12.2. The first-order chi connectivity index (χ1) is 18.0. The van der Waals surface area contributed by atoms with Gasteiger partial charge in [0.2, 0.25) is 10.7 Å². The molecule has 204 valence electrons. The Morgan fingerprint density at radius 2 is 1.68 bits per heavy atom. The number of allylic oxidation sites excluding steroid dienone is 1. The van der Waals surface area contributed by atoms with E-state index in [1.165, 1.54) is 32.4 Å². The highest BCUT2D eigenvalue weighted by molar-refractivity contribution is 7.71. The predicted octanol–water partition coefficient (Wildman–Crippen LogP) is 2.10. The van der Waals surface area contributed by atoms with Crippen LogP contribution in [0.3, 0.4) is 0 Å². The Morgan fingerprint density at radius 1 is 1.05 bits per heavy atom. The largest absolute Gasteiger partial charge is 0.463 e. The molecule has 38 heavy (non-hydrogen) atoms. The lowest BCUT2D eigenvalue weighted by Crippen LogP contribution is -2.64. The summed E-state index contributed by atoms with van der Waals surface area (Å²) in [5.74, 6) is -1.95. The average molecular weight is 547 g/mol. The van der Waals surface area contributed by atoms with Crippen molar-refractivity contribution in [2.24, 2.45) is 0 Å². The van der Waals surface area contributed by atoms with Crippen LogP contribution in [0.5, 0.6) is 0 Å². The zero-order valence-corrected chi connectivity index (χ0v) is 22.3. The van der Waals surface area contributed by atoms with Crippen LogP contribution in [-0.4, -0.2) is 69.1 Å². The molecule has 1 saturated heterocycles. The number of nitrogens with one attached hydrogen (secondary N) is 1. The van der Waals surface area contributed by atoms with Crippen LogP contribution in [0.4, 0.5) is 0 Å². The molecule has 0 radical (unpaired) electrons. The van der Waals surface area contributed by atoms with E-state index in [0.29, 0.717) is 12.4 Å². The van der Waals surface area contributed by atoms with Gasteiger partial charge in [-0.25, -0.2) is 4.68 Å². The maximum atomic E-state index is 12.3. The summed E-state index contributed by atoms with van der Waals surface area (Å²) >= 11 is 5.74. The number of hydrogen-bond donors (Lipinski definition) is 1. The van der Waals surface area contributed by atoms with Crippen LogP contribution in [0.15, 0.2) is 43.0 Å². The third-order valence-corrected chi connectivity index (χ3v) is 5.97. The SMILES string of the molecule is C=CCn1c(-c2ccccc2)nn(C2OC(COC(C)=O)C(OC(C)=O)C(OC(C)=O)C2NC(C)=O)c1=S. The summed E-state index contributed by atoms with van der Waals surface area (Å²) in [6, 6.07) is 8.19. The zero-order chi connectivity index (χ0) is 28.0. The lowest BCUT2D eigenvalue weighted by atomic mass is 9.95. The average Bonchev–Trinajstić information content (AvgIpc) is 3.16. The Hall–Kier alpha value is -3.84. The van der Waals surface area contributed by atoms with Gasteiger partial charge in [-0.2, -0.15) is 0 Å². The van der Waals surface area contributed by atoms with Gasteiger partial charge in [0.1, 0.15) is 18.8 Å². The van der Waals surface area contributed by atoms with E-state index in [2.05, 4.69) is 11.9 Å². The maximum Gasteiger partial charge on any atom is 0.303 e. The van der Waals surface area contributed by atoms with E-state index in [9.17, 15) is 19.2 Å². The van der Waals surface area contributed by atoms with Crippen molar-refractivity contribution in [3.63, 3.8) is 0 Å². The van der Waals surface area contributed by atoms with Crippen LogP contribution in [0, 0.1) is 4.77 Å². The van der Waals surface area contributed by atoms with Crippen molar-refractivity contribution >= 4 is 36.0 Å². The fourth-order valence-electron chi connectivity index (χ4n) is 4.19. The molecule has 1 amide bonds. The second-order valence-corrected chi connectivity index (χ2v) is 8.92. The third-order valence-electron chi connectivity index (χ3n) is 5.56. The number of amides is 1. The van der Waals surface area contributed by atoms with Gasteiger partial charge in [0.05, 0.1) is 0 Å². The van der Waals surface area contributed by atoms with Crippen LogP contribution >= 0.6 is 12.2 Å². The second-order valence-electron chi connectivity index (χ2n) is 8.56. The van der Waals surface area contributed by atoms with Gasteiger partial charge in [-0.1, -0.05) is 36.4 Å². The first-order valence-electron chi connectivity index (χ1n) is 11.8. The van der Waals surface area contributed by atoms with Gasteiger partial charge in [0.25, 0.3) is 0 Å². The monoisotopic (exact) mass is 546 g/mol. The van der Waals surface area contributed by atoms with Gasteiger partial charge in [-0.15, -0.1) is 11.7 Å². The number of hydrogen-bond acceptors (Lipinski definition) is 10. The summed E-state index contributed by atoms with van der Waals surface area (Å²) in [7, 11) is 0. The summed E-state index contributed by atoms with van der Waals surface area (Å²) in [5, 5.41) is 7.43. The summed E-state index contributed by atoms with van der Waals surface area (Å²) < 4.78 is 25.8. The third kappa shape index (κ3) is 6.72. The highest BCUT2D eigenvalue weighted by Gasteiger charge is 2.52. The van der Waals surface area contributed by atoms with Gasteiger partial charge >= 0.3 is 17.9 Å². The molecule has 0 aliphatic carbocycles. The molecule has 1 aromatic carbocycles. The van der Waals surface area contributed by atoms with Gasteiger partial charge in [0, 0.05) is 39.8 Å². The minimum absolute atomic E-state index is 0.225. The van der Waals surface area contributed by atoms with Crippen LogP contribution in [0.2, 0.25) is 0 Å². The van der Waals surface area contributed by atoms with Crippen molar-refractivity contribution in [3.8, 4) is 11.4 Å². The van der Waals surface area contributed by atoms with Crippen LogP contribution in [-0.2, 0) is 44.7 Å². The zero-order valence-electron chi connectivity index (χ0n) is 21.5. The van der Waals surface area contributed by atoms with Crippen molar-refractivity contribution in [3.05, 3.63) is 47.8 Å². The molecule has 13 heteroatoms. The quantitative estimate of drug-likeness (QED) is 0.215. The number of ether oxygens (including phenoxy) is 4. The van der Waals surface area contributed by atoms with Crippen molar-refractivity contribution < 1.29 is 38.1 Å². The number of carbonyl (C=O) groups is 4. The molecule has 5 unspecified atom stereocenters. The molecule has 2 heterocycles. The van der Waals surface area contributed by atoms with Gasteiger partial charge < -0.3 is 24.3 Å². The van der Waals surface area contributed by atoms with E-state index in [1.807, 2.05) is 30.3 Å². The van der Waals surface area contributed by atoms with Gasteiger partial charge in [-0.3, -0.25) is 23.7 Å². The molecule has 2 aromatic rings. The summed E-state index contributed by atoms with van der Waals surface area (Å²) in [6.07, 6.45) is -3.03. The molecule has 1 aliphatic rings. The van der Waals surface area contributed by atoms with Crippen molar-refractivity contribution in [1.29, 1.82) is 0 Å². The topological polar surface area (TPSA) is 140 Å². The Balaban J connectivity index is 2.20. The standard InChI is InChI=1S/C25H30N4O8S/c1-6-12-28-23(18-10-8-7-9-11-18)27-29(25(28)38)24-20(26-14(2)30)22(36-17(5)33)21(35-16(4)32)19(37-24)13-34-15(3)31/h6-11,19-22,24H,1,12-13H2,2-5H3,(H,26,30). The van der Waals surface area contributed by atoms with E-state index in [4.69, 9.17) is 36.3 Å². The lowest BCUT2D eigenvalue weighted by molar-refractivity contribution is -0.239. The minimum atomic E-state index is -1.23. The molecule has 5 atom stereocenters. The molecular formula is C25H30N4O8S. The Kier molecular flexibility index (Phi) is 9.53. The Morgan fingerprint density at radius 3 is 2.24 bits per heavy atom. The second kappa shape index (κ2) is 12.6. The smallest absolute Gasteiger partial charge is 0.303 e. The highest BCUT2D eigenvalue weighted by atomic mass is 32.1. The predicted molar refractivity (Wildman–Crippen MR) is 136 cm³/mol. The minimum Gasteiger partial charge on any atom is -0.463 e. The molecule has 1 aliphatic heterocycles. The number of aromatic nitrogens is 3. The molecule has 12 nitrogen and oxygen atoms in total. The summed E-state index contributed by atoms with van der Waals surface area (Å²) in [5.41, 5.74) is 0.761. The molecule has 0 bridgehead atoms. The summed E-state index contributed by atoms with van der Waals surface area (Å²) in [6.45, 7) is 8.63. The van der Waals surface area contributed by atoms with Crippen molar-refractivity contribution in [2.75, 3.05) is 6.61 Å². The van der Waals surface area contributed by atoms with Crippen LogP contribution < -0.4 is 5.32 Å². The van der Waals surface area contributed by atoms with E-state index >= 15 is 0 Å². The number of rotatable bonds is 9. The van der Waals surface area contributed by atoms with E-state index in [0.717, 1.165) is 5.56 Å². The van der Waals surface area contributed by atoms with Gasteiger partial charge in [-0.05, 0) is 12.2 Å². The summed E-state index contributed by atoms with van der Waals surface area (Å²) in [4.78, 5) is 48.0. The molecular weight excluding hydrogens is 516 g/mol. The van der Waals surface area contributed by atoms with Gasteiger partial charge in [0.15, 0.2) is 24.3 Å². The number of esters is 3. The normalized spacial score (nSPS) is 22.7. The molecule has 1 fully saturated rings. The van der Waals surface area contributed by atoms with Crippen LogP contribution in [0.25, 0.3) is 11.4 Å². The van der Waals surface area contributed by atoms with E-state index < -0.39 is 54.4 Å². The number of benzene rings is 1. The lowest BCUT2D eigenvalue weighted by Gasteiger charge is -2.45. The first kappa shape index (κ1) is 28.7.